The number of rotatable bonds is 4. The number of nitrogens with two attached hydrogens (primary N) is 1. The van der Waals surface area contributed by atoms with E-state index in [1.54, 1.807) is 36.2 Å². The normalized spacial score (nSPS) is 10.2. The van der Waals surface area contributed by atoms with Crippen LogP contribution in [0.4, 0.5) is 0 Å². The molecule has 0 aliphatic heterocycles. The highest BCUT2D eigenvalue weighted by molar-refractivity contribution is 7.80. The molecular weight excluding hydrogens is 280 g/mol. The minimum absolute atomic E-state index is 0.0475. The number of hydrogen-bond donors (Lipinski definition) is 1. The minimum atomic E-state index is -0.0475. The van der Waals surface area contributed by atoms with Crippen LogP contribution in [-0.4, -0.2) is 22.8 Å². The number of nitrogens with zero attached hydrogens (tertiary/aromatic N) is 1. The Morgan fingerprint density at radius 3 is 2.38 bits per heavy atom. The Kier molecular flexibility index (Phi) is 4.70. The van der Waals surface area contributed by atoms with E-state index in [-0.39, 0.29) is 5.91 Å². The lowest BCUT2D eigenvalue weighted by atomic mass is 10.1. The van der Waals surface area contributed by atoms with Gasteiger partial charge >= 0.3 is 0 Å². The molecule has 0 saturated carbocycles. The molecule has 2 aromatic carbocycles. The van der Waals surface area contributed by atoms with Gasteiger partial charge < -0.3 is 10.6 Å². The van der Waals surface area contributed by atoms with E-state index >= 15 is 0 Å². The van der Waals surface area contributed by atoms with Crippen LogP contribution in [0.3, 0.4) is 0 Å². The third kappa shape index (κ3) is 3.89. The lowest BCUT2D eigenvalue weighted by molar-refractivity contribution is 0.0785. The molecule has 21 heavy (non-hydrogen) atoms. The highest BCUT2D eigenvalue weighted by atomic mass is 32.1. The molecule has 0 unspecified atom stereocenters. The van der Waals surface area contributed by atoms with Crippen LogP contribution in [0.15, 0.2) is 48.5 Å². The van der Waals surface area contributed by atoms with Gasteiger partial charge in [0.05, 0.1) is 0 Å². The van der Waals surface area contributed by atoms with Crippen LogP contribution in [0.1, 0.15) is 27.0 Å². The van der Waals surface area contributed by atoms with Crippen LogP contribution in [-0.2, 0) is 6.54 Å². The summed E-state index contributed by atoms with van der Waals surface area (Å²) in [7, 11) is 1.79. The van der Waals surface area contributed by atoms with Gasteiger partial charge in [0, 0.05) is 24.7 Å². The Morgan fingerprint density at radius 2 is 1.76 bits per heavy atom. The van der Waals surface area contributed by atoms with E-state index in [1.165, 1.54) is 5.56 Å². The number of benzene rings is 2. The van der Waals surface area contributed by atoms with Crippen molar-refractivity contribution in [3.63, 3.8) is 0 Å². The van der Waals surface area contributed by atoms with Crippen LogP contribution >= 0.6 is 12.2 Å². The van der Waals surface area contributed by atoms with Crippen LogP contribution in [0, 0.1) is 6.92 Å². The van der Waals surface area contributed by atoms with E-state index < -0.39 is 0 Å². The number of aryl methyl sites for hydroxylation is 1. The quantitative estimate of drug-likeness (QED) is 0.883. The Hall–Kier alpha value is -2.20. The van der Waals surface area contributed by atoms with Gasteiger partial charge in [0.25, 0.3) is 5.91 Å². The molecule has 0 aliphatic rings. The molecule has 0 radical (unpaired) electrons. The van der Waals surface area contributed by atoms with E-state index in [2.05, 4.69) is 0 Å². The first-order chi connectivity index (χ1) is 9.97. The molecule has 108 valence electrons. The molecule has 3 nitrogen and oxygen atoms in total. The molecule has 0 aliphatic carbocycles. The second-order valence-corrected chi connectivity index (χ2v) is 5.53. The van der Waals surface area contributed by atoms with Gasteiger partial charge in [0.1, 0.15) is 4.99 Å². The van der Waals surface area contributed by atoms with Crippen molar-refractivity contribution in [2.75, 3.05) is 7.05 Å². The van der Waals surface area contributed by atoms with Gasteiger partial charge in [-0.15, -0.1) is 0 Å². The van der Waals surface area contributed by atoms with Crippen molar-refractivity contribution < 1.29 is 4.79 Å². The summed E-state index contributed by atoms with van der Waals surface area (Å²) in [6.45, 7) is 2.61. The lowest BCUT2D eigenvalue weighted by Gasteiger charge is -2.18. The SMILES string of the molecule is Cc1ccc(CN(C)C(=O)c2cccc(C(N)=S)c2)cc1. The van der Waals surface area contributed by atoms with Crippen molar-refractivity contribution >= 4 is 23.1 Å². The van der Waals surface area contributed by atoms with Gasteiger partial charge in [-0.2, -0.15) is 0 Å². The van der Waals surface area contributed by atoms with Gasteiger partial charge in [-0.3, -0.25) is 4.79 Å². The van der Waals surface area contributed by atoms with Gasteiger partial charge in [0.15, 0.2) is 0 Å². The minimum Gasteiger partial charge on any atom is -0.389 e. The molecule has 4 heteroatoms. The fraction of sp³-hybridized carbons (Fsp3) is 0.176. The topological polar surface area (TPSA) is 46.3 Å². The highest BCUT2D eigenvalue weighted by Gasteiger charge is 2.12. The smallest absolute Gasteiger partial charge is 0.253 e. The number of hydrogen-bond acceptors (Lipinski definition) is 2. The van der Waals surface area contributed by atoms with Crippen LogP contribution < -0.4 is 5.73 Å². The van der Waals surface area contributed by atoms with Crippen LogP contribution in [0.25, 0.3) is 0 Å². The van der Waals surface area contributed by atoms with Crippen molar-refractivity contribution in [1.29, 1.82) is 0 Å². The Labute approximate surface area is 130 Å². The molecule has 0 spiro atoms. The first-order valence-corrected chi connectivity index (χ1v) is 7.09. The van der Waals surface area contributed by atoms with Gasteiger partial charge in [-0.1, -0.05) is 54.2 Å². The first kappa shape index (κ1) is 15.2. The molecule has 0 fully saturated rings. The summed E-state index contributed by atoms with van der Waals surface area (Å²) in [5.74, 6) is -0.0475. The molecule has 0 atom stereocenters. The summed E-state index contributed by atoms with van der Waals surface area (Å²) >= 11 is 4.94. The summed E-state index contributed by atoms with van der Waals surface area (Å²) in [6.07, 6.45) is 0. The summed E-state index contributed by atoms with van der Waals surface area (Å²) in [4.78, 5) is 14.4. The highest BCUT2D eigenvalue weighted by Crippen LogP contribution is 2.11. The first-order valence-electron chi connectivity index (χ1n) is 6.68. The van der Waals surface area contributed by atoms with Gasteiger partial charge in [-0.05, 0) is 24.6 Å². The maximum atomic E-state index is 12.4. The largest absolute Gasteiger partial charge is 0.389 e. The summed E-state index contributed by atoms with van der Waals surface area (Å²) < 4.78 is 0. The van der Waals surface area contributed by atoms with Crippen molar-refractivity contribution in [1.82, 2.24) is 4.90 Å². The van der Waals surface area contributed by atoms with Crippen molar-refractivity contribution in [2.45, 2.75) is 13.5 Å². The average Bonchev–Trinajstić information content (AvgIpc) is 2.49. The Bertz CT molecular complexity index is 665. The maximum Gasteiger partial charge on any atom is 0.253 e. The fourth-order valence-corrected chi connectivity index (χ4v) is 2.19. The number of amides is 1. The zero-order valence-corrected chi connectivity index (χ0v) is 13.0. The summed E-state index contributed by atoms with van der Waals surface area (Å²) in [5, 5.41) is 0. The second-order valence-electron chi connectivity index (χ2n) is 5.09. The monoisotopic (exact) mass is 298 g/mol. The average molecular weight is 298 g/mol. The van der Waals surface area contributed by atoms with E-state index in [0.29, 0.717) is 22.7 Å². The molecule has 2 aromatic rings. The molecule has 1 amide bonds. The number of thiocarbonyl (C=S) groups is 1. The molecule has 0 saturated heterocycles. The molecule has 2 rings (SSSR count). The van der Waals surface area contributed by atoms with E-state index in [1.807, 2.05) is 31.2 Å². The van der Waals surface area contributed by atoms with Gasteiger partial charge in [0.2, 0.25) is 0 Å². The number of carbonyl (C=O) groups is 1. The van der Waals surface area contributed by atoms with Gasteiger partial charge in [-0.25, -0.2) is 0 Å². The summed E-state index contributed by atoms with van der Waals surface area (Å²) in [6, 6.07) is 15.3. The van der Waals surface area contributed by atoms with Crippen molar-refractivity contribution in [2.24, 2.45) is 5.73 Å². The van der Waals surface area contributed by atoms with Crippen LogP contribution in [0.5, 0.6) is 0 Å². The third-order valence-corrected chi connectivity index (χ3v) is 3.52. The third-order valence-electron chi connectivity index (χ3n) is 3.28. The maximum absolute atomic E-state index is 12.4. The zero-order valence-electron chi connectivity index (χ0n) is 12.2. The second kappa shape index (κ2) is 6.50. The summed E-state index contributed by atoms with van der Waals surface area (Å²) in [5.41, 5.74) is 9.21. The lowest BCUT2D eigenvalue weighted by Crippen LogP contribution is -2.26. The molecule has 0 heterocycles. The van der Waals surface area contributed by atoms with E-state index in [4.69, 9.17) is 18.0 Å². The predicted octanol–water partition coefficient (Wildman–Crippen LogP) is 2.90. The van der Waals surface area contributed by atoms with Crippen molar-refractivity contribution in [3.05, 3.63) is 70.8 Å². The standard InChI is InChI=1S/C17H18N2OS/c1-12-6-8-13(9-7-12)11-19(2)17(20)15-5-3-4-14(10-15)16(18)21/h3-10H,11H2,1-2H3,(H2,18,21). The van der Waals surface area contributed by atoms with Crippen molar-refractivity contribution in [3.8, 4) is 0 Å². The molecule has 0 aromatic heterocycles. The van der Waals surface area contributed by atoms with E-state index in [0.717, 1.165) is 5.56 Å². The predicted molar refractivity (Wildman–Crippen MR) is 89.3 cm³/mol. The Balaban J connectivity index is 2.13. The molecule has 2 N–H and O–H groups in total. The van der Waals surface area contributed by atoms with Crippen LogP contribution in [0.2, 0.25) is 0 Å². The fourth-order valence-electron chi connectivity index (χ4n) is 2.07. The zero-order chi connectivity index (χ0) is 15.4. The number of carbonyl (C=O) groups excluding carboxylic acids is 1. The van der Waals surface area contributed by atoms with E-state index in [9.17, 15) is 4.79 Å². The Morgan fingerprint density at radius 1 is 1.14 bits per heavy atom. The molecular formula is C17H18N2OS. The molecule has 0 bridgehead atoms.